The number of pyridine rings is 1. The molecule has 0 saturated carbocycles. The van der Waals surface area contributed by atoms with Gasteiger partial charge in [-0.15, -0.1) is 0 Å². The number of ether oxygens (including phenoxy) is 1. The van der Waals surface area contributed by atoms with Crippen LogP contribution in [0.1, 0.15) is 28.8 Å². The molecule has 196 valence electrons. The number of aromatic amines is 1. The Kier molecular flexibility index (Phi) is 6.87. The molecule has 0 bridgehead atoms. The molecule has 1 amide bonds. The Bertz CT molecular complexity index is 1470. The highest BCUT2D eigenvalue weighted by molar-refractivity contribution is 6.01. The molecule has 4 N–H and O–H groups in total. The first-order chi connectivity index (χ1) is 18.3. The van der Waals surface area contributed by atoms with E-state index in [9.17, 15) is 18.4 Å². The zero-order valence-electron chi connectivity index (χ0n) is 20.6. The minimum Gasteiger partial charge on any atom is -0.466 e. The van der Waals surface area contributed by atoms with Crippen molar-refractivity contribution in [2.24, 2.45) is 5.73 Å². The maximum atomic E-state index is 14.7. The fourth-order valence-corrected chi connectivity index (χ4v) is 4.98. The fraction of sp³-hybridized carbons (Fsp3) is 0.259. The number of carbonyl (C=O) groups excluding carboxylic acids is 2. The average molecular weight is 521 g/mol. The Hall–Kier alpha value is -4.22. The molecule has 9 nitrogen and oxygen atoms in total. The van der Waals surface area contributed by atoms with E-state index < -0.39 is 34.9 Å². The van der Waals surface area contributed by atoms with Crippen molar-refractivity contribution in [1.29, 1.82) is 0 Å². The Balaban J connectivity index is 1.39. The van der Waals surface area contributed by atoms with Crippen LogP contribution in [0.25, 0.3) is 22.2 Å². The van der Waals surface area contributed by atoms with Crippen LogP contribution < -0.4 is 11.1 Å². The largest absolute Gasteiger partial charge is 0.466 e. The molecule has 0 aliphatic carbocycles. The molecule has 11 heteroatoms. The summed E-state index contributed by atoms with van der Waals surface area (Å²) >= 11 is 0. The number of hydrogen-bond acceptors (Lipinski definition) is 7. The summed E-state index contributed by atoms with van der Waals surface area (Å²) in [6.45, 7) is 0.364. The lowest BCUT2D eigenvalue weighted by atomic mass is 9.93. The van der Waals surface area contributed by atoms with Crippen molar-refractivity contribution in [2.75, 3.05) is 20.2 Å². The van der Waals surface area contributed by atoms with Crippen LogP contribution in [0, 0.1) is 11.6 Å². The van der Waals surface area contributed by atoms with Gasteiger partial charge in [0.25, 0.3) is 5.91 Å². The number of methoxy groups -OCH3 is 1. The summed E-state index contributed by atoms with van der Waals surface area (Å²) in [5.41, 5.74) is 6.36. The van der Waals surface area contributed by atoms with Gasteiger partial charge in [0, 0.05) is 48.0 Å². The minimum atomic E-state index is -2.21. The molecule has 1 aliphatic rings. The van der Waals surface area contributed by atoms with E-state index in [4.69, 9.17) is 10.5 Å². The number of H-pyrrole nitrogens is 1. The third-order valence-corrected chi connectivity index (χ3v) is 6.87. The summed E-state index contributed by atoms with van der Waals surface area (Å²) < 4.78 is 34.4. The van der Waals surface area contributed by atoms with E-state index in [1.54, 1.807) is 30.6 Å². The number of amides is 1. The summed E-state index contributed by atoms with van der Waals surface area (Å²) in [7, 11) is 1.11. The number of rotatable bonds is 6. The van der Waals surface area contributed by atoms with Gasteiger partial charge in [0.1, 0.15) is 17.3 Å². The first-order valence-corrected chi connectivity index (χ1v) is 12.1. The van der Waals surface area contributed by atoms with E-state index in [0.29, 0.717) is 24.1 Å². The average Bonchev–Trinajstić information content (AvgIpc) is 3.36. The van der Waals surface area contributed by atoms with Gasteiger partial charge in [-0.25, -0.2) is 13.6 Å². The van der Waals surface area contributed by atoms with Crippen molar-refractivity contribution in [3.8, 4) is 11.3 Å². The highest BCUT2D eigenvalue weighted by atomic mass is 19.1. The standard InChI is InChI=1S/C27H26F2N6O3/c1-38-26(37)27(30,23-20(28)5-2-6-21(23)29)35-13-3-4-18(15-35)32-25(36)17-7-8-22-19(14-17)24(34-33-22)16-9-11-31-12-10-16/h2,5-12,14,18H,3-4,13,15,30H2,1H3,(H,32,36)(H,33,34)/t18-,27+/m1/s1. The first-order valence-electron chi connectivity index (χ1n) is 12.1. The van der Waals surface area contributed by atoms with Gasteiger partial charge >= 0.3 is 5.97 Å². The molecule has 1 aliphatic heterocycles. The predicted molar refractivity (Wildman–Crippen MR) is 136 cm³/mol. The Morgan fingerprint density at radius 1 is 1.16 bits per heavy atom. The van der Waals surface area contributed by atoms with Gasteiger partial charge in [0.2, 0.25) is 5.66 Å². The molecule has 2 aromatic carbocycles. The van der Waals surface area contributed by atoms with Gasteiger partial charge in [-0.2, -0.15) is 5.10 Å². The quantitative estimate of drug-likeness (QED) is 0.334. The SMILES string of the molecule is COC(=O)[C@](N)(c1c(F)cccc1F)N1CCC[C@@H](NC(=O)c2ccc3[nH]nc(-c4ccncc4)c3c2)C1. The van der Waals surface area contributed by atoms with Crippen LogP contribution in [0.5, 0.6) is 0 Å². The van der Waals surface area contributed by atoms with Crippen LogP contribution in [0.15, 0.2) is 60.9 Å². The molecule has 1 saturated heterocycles. The number of fused-ring (bicyclic) bond motifs is 1. The van der Waals surface area contributed by atoms with Gasteiger partial charge in [0.15, 0.2) is 0 Å². The van der Waals surface area contributed by atoms with E-state index >= 15 is 0 Å². The second-order valence-corrected chi connectivity index (χ2v) is 9.18. The number of esters is 1. The van der Waals surface area contributed by atoms with Crippen molar-refractivity contribution in [1.82, 2.24) is 25.4 Å². The fourth-order valence-electron chi connectivity index (χ4n) is 4.98. The van der Waals surface area contributed by atoms with Crippen LogP contribution in [-0.4, -0.2) is 58.2 Å². The highest BCUT2D eigenvalue weighted by Gasteiger charge is 2.48. The zero-order chi connectivity index (χ0) is 26.9. The molecule has 38 heavy (non-hydrogen) atoms. The van der Waals surface area contributed by atoms with Gasteiger partial charge in [0.05, 0.1) is 18.2 Å². The van der Waals surface area contributed by atoms with Crippen LogP contribution in [0.4, 0.5) is 8.78 Å². The molecule has 0 unspecified atom stereocenters. The Morgan fingerprint density at radius 3 is 2.61 bits per heavy atom. The van der Waals surface area contributed by atoms with Crippen molar-refractivity contribution >= 4 is 22.8 Å². The molecule has 2 atom stereocenters. The highest BCUT2D eigenvalue weighted by Crippen LogP contribution is 2.32. The van der Waals surface area contributed by atoms with E-state index in [2.05, 4.69) is 20.5 Å². The number of piperidine rings is 1. The molecule has 0 radical (unpaired) electrons. The Labute approximate surface area is 217 Å². The van der Waals surface area contributed by atoms with Crippen LogP contribution in [0.3, 0.4) is 0 Å². The number of nitrogens with zero attached hydrogens (tertiary/aromatic N) is 3. The van der Waals surface area contributed by atoms with Crippen molar-refractivity contribution < 1.29 is 23.1 Å². The lowest BCUT2D eigenvalue weighted by Gasteiger charge is -2.43. The maximum Gasteiger partial charge on any atom is 0.346 e. The second kappa shape index (κ2) is 10.3. The van der Waals surface area contributed by atoms with E-state index in [1.807, 2.05) is 12.1 Å². The first kappa shape index (κ1) is 25.4. The van der Waals surface area contributed by atoms with Crippen LogP contribution in [0.2, 0.25) is 0 Å². The second-order valence-electron chi connectivity index (χ2n) is 9.18. The molecule has 4 aromatic rings. The molecule has 1 fully saturated rings. The maximum absolute atomic E-state index is 14.7. The van der Waals surface area contributed by atoms with Gasteiger partial charge in [-0.05, 0) is 55.3 Å². The lowest BCUT2D eigenvalue weighted by molar-refractivity contribution is -0.158. The van der Waals surface area contributed by atoms with Crippen LogP contribution in [-0.2, 0) is 15.2 Å². The van der Waals surface area contributed by atoms with Crippen molar-refractivity contribution in [3.63, 3.8) is 0 Å². The summed E-state index contributed by atoms with van der Waals surface area (Å²) in [5.74, 6) is -3.24. The molecular weight excluding hydrogens is 494 g/mol. The monoisotopic (exact) mass is 520 g/mol. The van der Waals surface area contributed by atoms with Crippen LogP contribution >= 0.6 is 0 Å². The Morgan fingerprint density at radius 2 is 1.89 bits per heavy atom. The topological polar surface area (TPSA) is 126 Å². The molecule has 5 rings (SSSR count). The summed E-state index contributed by atoms with van der Waals surface area (Å²) in [6.07, 6.45) is 4.46. The van der Waals surface area contributed by atoms with E-state index in [1.165, 1.54) is 11.0 Å². The summed E-state index contributed by atoms with van der Waals surface area (Å²) in [4.78, 5) is 31.5. The number of carbonyl (C=O) groups is 2. The molecule has 2 aromatic heterocycles. The van der Waals surface area contributed by atoms with Gasteiger partial charge < -0.3 is 10.1 Å². The number of likely N-dealkylation sites (tertiary alicyclic amines) is 1. The molecule has 0 spiro atoms. The van der Waals surface area contributed by atoms with Gasteiger partial charge in [-0.3, -0.25) is 25.5 Å². The summed E-state index contributed by atoms with van der Waals surface area (Å²) in [6, 6.07) is 11.7. The van der Waals surface area contributed by atoms with E-state index in [0.717, 1.165) is 35.7 Å². The number of halogens is 2. The van der Waals surface area contributed by atoms with Crippen molar-refractivity contribution in [3.05, 3.63) is 83.7 Å². The third-order valence-electron chi connectivity index (χ3n) is 6.87. The number of benzene rings is 2. The minimum absolute atomic E-state index is 0.0847. The van der Waals surface area contributed by atoms with Gasteiger partial charge in [-0.1, -0.05) is 6.07 Å². The normalized spacial score (nSPS) is 17.6. The van der Waals surface area contributed by atoms with Crippen molar-refractivity contribution in [2.45, 2.75) is 24.5 Å². The summed E-state index contributed by atoms with van der Waals surface area (Å²) in [5, 5.41) is 11.1. The molecular formula is C27H26F2N6O3. The zero-order valence-corrected chi connectivity index (χ0v) is 20.6. The number of hydrogen-bond donors (Lipinski definition) is 3. The smallest absolute Gasteiger partial charge is 0.346 e. The predicted octanol–water partition coefficient (Wildman–Crippen LogP) is 3.08. The third kappa shape index (κ3) is 4.50. The van der Waals surface area contributed by atoms with E-state index in [-0.39, 0.29) is 19.0 Å². The number of aromatic nitrogens is 3. The lowest BCUT2D eigenvalue weighted by Crippen LogP contribution is -2.64. The number of nitrogens with one attached hydrogen (secondary N) is 2. The number of nitrogens with two attached hydrogens (primary N) is 1. The molecule has 3 heterocycles.